The van der Waals surface area contributed by atoms with Gasteiger partial charge in [0.2, 0.25) is 15.9 Å². The Morgan fingerprint density at radius 2 is 2.15 bits per heavy atom. The molecule has 10 heteroatoms. The van der Waals surface area contributed by atoms with Crippen molar-refractivity contribution in [1.29, 1.82) is 0 Å². The van der Waals surface area contributed by atoms with Crippen LogP contribution in [-0.2, 0) is 14.8 Å². The average molecular weight is 416 g/mol. The highest BCUT2D eigenvalue weighted by Crippen LogP contribution is 2.28. The van der Waals surface area contributed by atoms with Crippen LogP contribution in [0.1, 0.15) is 24.3 Å². The minimum atomic E-state index is -3.81. The van der Waals surface area contributed by atoms with Gasteiger partial charge in [0.1, 0.15) is 16.4 Å². The fourth-order valence-corrected chi connectivity index (χ4v) is 5.16. The molecule has 0 aliphatic carbocycles. The van der Waals surface area contributed by atoms with Crippen molar-refractivity contribution in [1.82, 2.24) is 9.46 Å². The lowest BCUT2D eigenvalue weighted by molar-refractivity contribution is -0.120. The number of hydrogen-bond acceptors (Lipinski definition) is 5. The van der Waals surface area contributed by atoms with Crippen LogP contribution in [0.4, 0.5) is 10.1 Å². The zero-order chi connectivity index (χ0) is 19.8. The number of carbonyl (C=O) groups is 1. The molecule has 1 atom stereocenters. The molecule has 146 valence electrons. The Bertz CT molecular complexity index is 957. The molecule has 0 unspecified atom stereocenters. The van der Waals surface area contributed by atoms with E-state index in [2.05, 4.69) is 10.5 Å². The van der Waals surface area contributed by atoms with Gasteiger partial charge in [0.25, 0.3) is 0 Å². The maximum absolute atomic E-state index is 13.2. The second kappa shape index (κ2) is 7.57. The number of carbonyl (C=O) groups excluding carboxylic acids is 1. The first-order valence-corrected chi connectivity index (χ1v) is 10.2. The Balaban J connectivity index is 1.75. The topological polar surface area (TPSA) is 92.5 Å². The highest BCUT2D eigenvalue weighted by atomic mass is 35.5. The van der Waals surface area contributed by atoms with Crippen LogP contribution >= 0.6 is 11.6 Å². The summed E-state index contributed by atoms with van der Waals surface area (Å²) in [5.74, 6) is -1.22. The number of hydrogen-bond donors (Lipinski definition) is 1. The Morgan fingerprint density at radius 3 is 2.78 bits per heavy atom. The Hall–Kier alpha value is -1.97. The molecule has 1 saturated heterocycles. The van der Waals surface area contributed by atoms with E-state index in [1.54, 1.807) is 13.8 Å². The molecular formula is C17H19ClFN3O4S. The molecule has 1 aromatic heterocycles. The van der Waals surface area contributed by atoms with E-state index in [0.717, 1.165) is 6.07 Å². The van der Waals surface area contributed by atoms with Crippen LogP contribution in [0, 0.1) is 25.6 Å². The Labute approximate surface area is 161 Å². The lowest BCUT2D eigenvalue weighted by atomic mass is 9.99. The zero-order valence-electron chi connectivity index (χ0n) is 14.8. The molecule has 2 aromatic rings. The minimum absolute atomic E-state index is 0.0488. The van der Waals surface area contributed by atoms with Gasteiger partial charge in [0, 0.05) is 18.8 Å². The minimum Gasteiger partial charge on any atom is -0.360 e. The number of aryl methyl sites for hydroxylation is 2. The second-order valence-corrected chi connectivity index (χ2v) is 8.76. The van der Waals surface area contributed by atoms with Crippen LogP contribution in [-0.4, -0.2) is 36.9 Å². The van der Waals surface area contributed by atoms with Crippen molar-refractivity contribution >= 4 is 33.2 Å². The predicted octanol–water partition coefficient (Wildman–Crippen LogP) is 3.12. The normalized spacial score (nSPS) is 18.4. The third kappa shape index (κ3) is 3.99. The monoisotopic (exact) mass is 415 g/mol. The highest BCUT2D eigenvalue weighted by Gasteiger charge is 2.36. The van der Waals surface area contributed by atoms with Gasteiger partial charge in [0.15, 0.2) is 5.76 Å². The van der Waals surface area contributed by atoms with Crippen LogP contribution in [0.15, 0.2) is 27.6 Å². The van der Waals surface area contributed by atoms with Crippen LogP contribution < -0.4 is 5.32 Å². The Morgan fingerprint density at radius 1 is 1.41 bits per heavy atom. The van der Waals surface area contributed by atoms with E-state index in [9.17, 15) is 17.6 Å². The fraction of sp³-hybridized carbons (Fsp3) is 0.412. The lowest BCUT2D eigenvalue weighted by Gasteiger charge is -2.31. The first kappa shape index (κ1) is 19.8. The molecule has 0 radical (unpaired) electrons. The van der Waals surface area contributed by atoms with Crippen LogP contribution in [0.2, 0.25) is 5.02 Å². The third-order valence-corrected chi connectivity index (χ3v) is 6.91. The summed E-state index contributed by atoms with van der Waals surface area (Å²) >= 11 is 5.72. The number of rotatable bonds is 4. The number of sulfonamides is 1. The van der Waals surface area contributed by atoms with Gasteiger partial charge >= 0.3 is 0 Å². The lowest BCUT2D eigenvalue weighted by Crippen LogP contribution is -2.43. The van der Waals surface area contributed by atoms with Crippen LogP contribution in [0.3, 0.4) is 0 Å². The predicted molar refractivity (Wildman–Crippen MR) is 97.5 cm³/mol. The summed E-state index contributed by atoms with van der Waals surface area (Å²) in [6.07, 6.45) is 1.10. The van der Waals surface area contributed by atoms with Crippen molar-refractivity contribution in [3.8, 4) is 0 Å². The van der Waals surface area contributed by atoms with Gasteiger partial charge in [-0.3, -0.25) is 4.79 Å². The molecule has 1 aromatic carbocycles. The van der Waals surface area contributed by atoms with Crippen molar-refractivity contribution in [3.05, 3.63) is 40.5 Å². The van der Waals surface area contributed by atoms with Crippen molar-refractivity contribution in [3.63, 3.8) is 0 Å². The summed E-state index contributed by atoms with van der Waals surface area (Å²) in [5.41, 5.74) is 0.650. The van der Waals surface area contributed by atoms with Gasteiger partial charge in [-0.25, -0.2) is 12.8 Å². The number of anilines is 1. The van der Waals surface area contributed by atoms with E-state index >= 15 is 0 Å². The number of amides is 1. The van der Waals surface area contributed by atoms with Crippen LogP contribution in [0.25, 0.3) is 0 Å². The average Bonchev–Trinajstić information content (AvgIpc) is 2.97. The molecule has 1 fully saturated rings. The van der Waals surface area contributed by atoms with Gasteiger partial charge in [-0.2, -0.15) is 4.31 Å². The standard InChI is InChI=1S/C17H19ClFN3O4S/c1-10-16(11(2)26-21-10)27(24,25)22-7-3-4-12(9-22)17(23)20-13-5-6-15(19)14(18)8-13/h5-6,8,12H,3-4,7,9H2,1-2H3,(H,20,23)/t12-/m0/s1. The van der Waals surface area contributed by atoms with E-state index in [0.29, 0.717) is 30.8 Å². The molecule has 1 amide bonds. The van der Waals surface area contributed by atoms with E-state index in [1.165, 1.54) is 16.4 Å². The number of piperidine rings is 1. The number of aromatic nitrogens is 1. The summed E-state index contributed by atoms with van der Waals surface area (Å²) < 4.78 is 45.4. The van der Waals surface area contributed by atoms with Gasteiger partial charge in [-0.05, 0) is 44.9 Å². The first-order chi connectivity index (χ1) is 12.7. The van der Waals surface area contributed by atoms with Gasteiger partial charge in [0.05, 0.1) is 10.9 Å². The largest absolute Gasteiger partial charge is 0.360 e. The number of benzene rings is 1. The summed E-state index contributed by atoms with van der Waals surface area (Å²) in [7, 11) is -3.81. The SMILES string of the molecule is Cc1noc(C)c1S(=O)(=O)N1CCC[C@H](C(=O)Nc2ccc(F)c(Cl)c2)C1. The summed E-state index contributed by atoms with van der Waals surface area (Å²) in [6, 6.07) is 3.88. The van der Waals surface area contributed by atoms with Crippen molar-refractivity contribution in [2.45, 2.75) is 31.6 Å². The van der Waals surface area contributed by atoms with Crippen molar-refractivity contribution < 1.29 is 22.1 Å². The molecule has 3 rings (SSSR count). The van der Waals surface area contributed by atoms with Crippen molar-refractivity contribution in [2.75, 3.05) is 18.4 Å². The molecular weight excluding hydrogens is 397 g/mol. The maximum Gasteiger partial charge on any atom is 0.248 e. The van der Waals surface area contributed by atoms with Gasteiger partial charge in [-0.15, -0.1) is 0 Å². The molecule has 1 aliphatic rings. The van der Waals surface area contributed by atoms with Gasteiger partial charge < -0.3 is 9.84 Å². The summed E-state index contributed by atoms with van der Waals surface area (Å²) in [6.45, 7) is 3.47. The molecule has 1 N–H and O–H groups in total. The number of halogens is 2. The molecule has 7 nitrogen and oxygen atoms in total. The Kier molecular flexibility index (Phi) is 5.55. The number of nitrogens with zero attached hydrogens (tertiary/aromatic N) is 2. The van der Waals surface area contributed by atoms with E-state index in [1.807, 2.05) is 0 Å². The fourth-order valence-electron chi connectivity index (χ4n) is 3.16. The second-order valence-electron chi connectivity index (χ2n) is 6.47. The van der Waals surface area contributed by atoms with E-state index in [-0.39, 0.29) is 28.1 Å². The first-order valence-electron chi connectivity index (χ1n) is 8.39. The smallest absolute Gasteiger partial charge is 0.248 e. The highest BCUT2D eigenvalue weighted by molar-refractivity contribution is 7.89. The van der Waals surface area contributed by atoms with Crippen molar-refractivity contribution in [2.24, 2.45) is 5.92 Å². The van der Waals surface area contributed by atoms with Gasteiger partial charge in [-0.1, -0.05) is 16.8 Å². The summed E-state index contributed by atoms with van der Waals surface area (Å²) in [4.78, 5) is 12.6. The van der Waals surface area contributed by atoms with E-state index in [4.69, 9.17) is 16.1 Å². The summed E-state index contributed by atoms with van der Waals surface area (Å²) in [5, 5.41) is 6.27. The molecule has 27 heavy (non-hydrogen) atoms. The third-order valence-electron chi connectivity index (χ3n) is 4.51. The molecule has 0 bridgehead atoms. The molecule has 0 saturated carbocycles. The molecule has 0 spiro atoms. The molecule has 2 heterocycles. The quantitative estimate of drug-likeness (QED) is 0.828. The zero-order valence-corrected chi connectivity index (χ0v) is 16.4. The van der Waals surface area contributed by atoms with Crippen LogP contribution in [0.5, 0.6) is 0 Å². The molecule has 1 aliphatic heterocycles. The maximum atomic E-state index is 13.2. The van der Waals surface area contributed by atoms with E-state index < -0.39 is 21.8 Å². The number of nitrogens with one attached hydrogen (secondary N) is 1.